The molecule has 0 saturated heterocycles. The summed E-state index contributed by atoms with van der Waals surface area (Å²) in [4.78, 5) is 39.2. The zero-order valence-corrected chi connectivity index (χ0v) is 20.6. The molecule has 0 rings (SSSR count). The molecule has 0 atom stereocenters. The number of unbranched alkanes of at least 4 members (excludes halogenated alkanes) is 2. The van der Waals surface area contributed by atoms with E-state index in [1.54, 1.807) is 0 Å². The molecule has 0 saturated carbocycles. The van der Waals surface area contributed by atoms with Gasteiger partial charge in [-0.25, -0.2) is 0 Å². The Labute approximate surface area is 188 Å². The van der Waals surface area contributed by atoms with Crippen molar-refractivity contribution in [3.05, 3.63) is 0 Å². The van der Waals surface area contributed by atoms with Crippen molar-refractivity contribution in [2.75, 3.05) is 6.61 Å². The maximum atomic E-state index is 9.90. The molecule has 0 aromatic carbocycles. The minimum Gasteiger partial charge on any atom is -0.481 e. The van der Waals surface area contributed by atoms with Crippen LogP contribution in [0.15, 0.2) is 0 Å². The maximum Gasteiger partial charge on any atom is 0.303 e. The van der Waals surface area contributed by atoms with Gasteiger partial charge in [-0.1, -0.05) is 61.3 Å². The molecule has 0 fully saturated rings. The second-order valence-electron chi connectivity index (χ2n) is 8.33. The van der Waals surface area contributed by atoms with Gasteiger partial charge in [0.05, 0.1) is 6.61 Å². The molecule has 186 valence electrons. The van der Waals surface area contributed by atoms with Crippen LogP contribution in [0.2, 0.25) is 0 Å². The first-order valence-electron chi connectivity index (χ1n) is 11.0. The molecule has 0 aliphatic rings. The number of rotatable bonds is 13. The second-order valence-corrected chi connectivity index (χ2v) is 8.33. The lowest BCUT2D eigenvalue weighted by molar-refractivity contribution is -0.138. The summed E-state index contributed by atoms with van der Waals surface area (Å²) in [6.07, 6.45) is 5.46. The fourth-order valence-corrected chi connectivity index (χ4v) is 1.58. The van der Waals surface area contributed by atoms with Gasteiger partial charge in [0.25, 0.3) is 6.47 Å². The Morgan fingerprint density at radius 2 is 1.10 bits per heavy atom. The van der Waals surface area contributed by atoms with Gasteiger partial charge in [0.15, 0.2) is 0 Å². The standard InChI is InChI=1S/3C6H12O2.C5H10O2/c2*1-5(2)3-4-6(7)8;1-2-3-4-5-6(7)8;1-5(2)3-7-4-6/h2*5H,3-4H2,1-2H3,(H,7,8);2-5H2,1H3,(H,7,8);4-5H,3H2,1-2H3. The summed E-state index contributed by atoms with van der Waals surface area (Å²) < 4.78 is 4.41. The quantitative estimate of drug-likeness (QED) is 0.247. The van der Waals surface area contributed by atoms with E-state index >= 15 is 0 Å². The number of carbonyl (C=O) groups is 4. The number of ether oxygens (including phenoxy) is 1. The molecular weight excluding hydrogens is 404 g/mol. The molecule has 31 heavy (non-hydrogen) atoms. The van der Waals surface area contributed by atoms with Crippen LogP contribution in [0.3, 0.4) is 0 Å². The van der Waals surface area contributed by atoms with E-state index in [0.29, 0.717) is 50.1 Å². The zero-order valence-electron chi connectivity index (χ0n) is 20.6. The van der Waals surface area contributed by atoms with Crippen LogP contribution in [-0.4, -0.2) is 46.3 Å². The molecular formula is C23H46O8. The maximum absolute atomic E-state index is 9.90. The van der Waals surface area contributed by atoms with Gasteiger partial charge >= 0.3 is 17.9 Å². The molecule has 8 heteroatoms. The average molecular weight is 451 g/mol. The molecule has 0 unspecified atom stereocenters. The van der Waals surface area contributed by atoms with Crippen molar-refractivity contribution in [1.82, 2.24) is 0 Å². The van der Waals surface area contributed by atoms with E-state index in [1.165, 1.54) is 0 Å². The normalized spacial score (nSPS) is 9.48. The van der Waals surface area contributed by atoms with E-state index in [2.05, 4.69) is 11.7 Å². The monoisotopic (exact) mass is 450 g/mol. The first-order chi connectivity index (χ1) is 14.3. The highest BCUT2D eigenvalue weighted by Gasteiger charge is 1.98. The van der Waals surface area contributed by atoms with Gasteiger partial charge in [-0.2, -0.15) is 0 Å². The molecule has 0 aliphatic carbocycles. The summed E-state index contributed by atoms with van der Waals surface area (Å²) in [6, 6.07) is 0. The first kappa shape index (κ1) is 36.3. The van der Waals surface area contributed by atoms with E-state index in [4.69, 9.17) is 15.3 Å². The topological polar surface area (TPSA) is 138 Å². The Bertz CT molecular complexity index is 409. The first-order valence-corrected chi connectivity index (χ1v) is 11.0. The van der Waals surface area contributed by atoms with Crippen molar-refractivity contribution in [3.63, 3.8) is 0 Å². The Kier molecular flexibility index (Phi) is 32.6. The minimum atomic E-state index is -0.696. The number of hydrogen-bond donors (Lipinski definition) is 3. The molecule has 0 radical (unpaired) electrons. The lowest BCUT2D eigenvalue weighted by Gasteiger charge is -1.98. The van der Waals surface area contributed by atoms with Crippen LogP contribution in [-0.2, 0) is 23.9 Å². The van der Waals surface area contributed by atoms with Crippen molar-refractivity contribution in [2.45, 2.75) is 99.8 Å². The van der Waals surface area contributed by atoms with Gasteiger partial charge in [0.1, 0.15) is 0 Å². The zero-order chi connectivity index (χ0) is 25.2. The van der Waals surface area contributed by atoms with Crippen LogP contribution in [0.1, 0.15) is 99.8 Å². The molecule has 0 heterocycles. The van der Waals surface area contributed by atoms with Crippen molar-refractivity contribution in [3.8, 4) is 0 Å². The van der Waals surface area contributed by atoms with Gasteiger partial charge in [-0.3, -0.25) is 19.2 Å². The van der Waals surface area contributed by atoms with Gasteiger partial charge in [-0.15, -0.1) is 0 Å². The van der Waals surface area contributed by atoms with E-state index in [0.717, 1.165) is 32.1 Å². The predicted molar refractivity (Wildman–Crippen MR) is 122 cm³/mol. The molecule has 0 amide bonds. The Hall–Kier alpha value is -2.12. The Balaban J connectivity index is -0.000000157. The smallest absolute Gasteiger partial charge is 0.303 e. The van der Waals surface area contributed by atoms with Crippen LogP contribution in [0.25, 0.3) is 0 Å². The third-order valence-electron chi connectivity index (χ3n) is 3.36. The van der Waals surface area contributed by atoms with E-state index in [9.17, 15) is 19.2 Å². The van der Waals surface area contributed by atoms with Gasteiger partial charge in [0, 0.05) is 19.3 Å². The molecule has 0 spiro atoms. The van der Waals surface area contributed by atoms with Crippen molar-refractivity contribution in [1.29, 1.82) is 0 Å². The summed E-state index contributed by atoms with van der Waals surface area (Å²) in [7, 11) is 0. The highest BCUT2D eigenvalue weighted by molar-refractivity contribution is 5.67. The minimum absolute atomic E-state index is 0.303. The molecule has 0 aliphatic heterocycles. The number of carboxylic acid groups (broad SMARTS) is 3. The lowest BCUT2D eigenvalue weighted by atomic mass is 10.1. The van der Waals surface area contributed by atoms with Crippen LogP contribution in [0.5, 0.6) is 0 Å². The predicted octanol–water partition coefficient (Wildman–Crippen LogP) is 5.48. The summed E-state index contributed by atoms with van der Waals surface area (Å²) >= 11 is 0. The van der Waals surface area contributed by atoms with E-state index in [1.807, 2.05) is 41.5 Å². The van der Waals surface area contributed by atoms with Gasteiger partial charge in [-0.05, 0) is 37.0 Å². The van der Waals surface area contributed by atoms with E-state index in [-0.39, 0.29) is 0 Å². The molecule has 0 bridgehead atoms. The average Bonchev–Trinajstić information content (AvgIpc) is 2.64. The van der Waals surface area contributed by atoms with Gasteiger partial charge < -0.3 is 20.1 Å². The van der Waals surface area contributed by atoms with Gasteiger partial charge in [0.2, 0.25) is 0 Å². The van der Waals surface area contributed by atoms with Crippen molar-refractivity contribution in [2.24, 2.45) is 17.8 Å². The third-order valence-corrected chi connectivity index (χ3v) is 3.36. The highest BCUT2D eigenvalue weighted by atomic mass is 16.5. The van der Waals surface area contributed by atoms with E-state index < -0.39 is 17.9 Å². The summed E-state index contributed by atoms with van der Waals surface area (Å²) in [6.45, 7) is 15.1. The number of hydrogen-bond acceptors (Lipinski definition) is 5. The van der Waals surface area contributed by atoms with Crippen molar-refractivity contribution >= 4 is 24.4 Å². The SMILES string of the molecule is CC(C)CCC(=O)O.CC(C)CCC(=O)O.CC(C)COC=O.CCCCCC(=O)O. The lowest BCUT2D eigenvalue weighted by Crippen LogP contribution is -1.98. The van der Waals surface area contributed by atoms with Crippen LogP contribution in [0, 0.1) is 17.8 Å². The fraction of sp³-hybridized carbons (Fsp3) is 0.826. The number of carboxylic acids is 3. The number of aliphatic carboxylic acids is 3. The Morgan fingerprint density at radius 3 is 1.26 bits per heavy atom. The molecule has 0 aromatic heterocycles. The number of carbonyl (C=O) groups excluding carboxylic acids is 1. The summed E-state index contributed by atoms with van der Waals surface area (Å²) in [5.74, 6) is -0.613. The molecule has 3 N–H and O–H groups in total. The largest absolute Gasteiger partial charge is 0.481 e. The van der Waals surface area contributed by atoms with Crippen LogP contribution in [0.4, 0.5) is 0 Å². The second kappa shape index (κ2) is 27.9. The van der Waals surface area contributed by atoms with Crippen LogP contribution >= 0.6 is 0 Å². The highest BCUT2D eigenvalue weighted by Crippen LogP contribution is 2.02. The van der Waals surface area contributed by atoms with Crippen LogP contribution < -0.4 is 0 Å². The van der Waals surface area contributed by atoms with Crippen molar-refractivity contribution < 1.29 is 39.2 Å². The molecule has 8 nitrogen and oxygen atoms in total. The fourth-order valence-electron chi connectivity index (χ4n) is 1.58. The summed E-state index contributed by atoms with van der Waals surface area (Å²) in [5, 5.41) is 24.5. The Morgan fingerprint density at radius 1 is 0.710 bits per heavy atom. The summed E-state index contributed by atoms with van der Waals surface area (Å²) in [5.41, 5.74) is 0. The third kappa shape index (κ3) is 65.5. The molecule has 0 aromatic rings.